The zero-order valence-corrected chi connectivity index (χ0v) is 10.3. The minimum atomic E-state index is 0.659. The van der Waals surface area contributed by atoms with E-state index in [1.807, 2.05) is 0 Å². The van der Waals surface area contributed by atoms with Crippen LogP contribution in [0.25, 0.3) is 0 Å². The van der Waals surface area contributed by atoms with Gasteiger partial charge in [0.25, 0.3) is 0 Å². The fourth-order valence-electron chi connectivity index (χ4n) is 1.92. The summed E-state index contributed by atoms with van der Waals surface area (Å²) in [5, 5.41) is 0. The maximum absolute atomic E-state index is 2.34. The fourth-order valence-corrected chi connectivity index (χ4v) is 1.92. The van der Waals surface area contributed by atoms with Gasteiger partial charge in [-0.1, -0.05) is 19.8 Å². The van der Waals surface area contributed by atoms with Gasteiger partial charge in [0.15, 0.2) is 0 Å². The van der Waals surface area contributed by atoms with E-state index >= 15 is 0 Å². The normalized spacial score (nSPS) is 15.0. The Kier molecular flexibility index (Phi) is 5.57. The van der Waals surface area contributed by atoms with Crippen LogP contribution in [0.4, 0.5) is 0 Å². The molecule has 1 unspecified atom stereocenters. The Hall–Kier alpha value is -0.0800. The summed E-state index contributed by atoms with van der Waals surface area (Å²) in [5.41, 5.74) is 0. The van der Waals surface area contributed by atoms with Crippen LogP contribution in [0.5, 0.6) is 0 Å². The van der Waals surface area contributed by atoms with E-state index in [2.05, 4.69) is 47.1 Å². The molecule has 0 N–H and O–H groups in total. The minimum absolute atomic E-state index is 0.659. The number of rotatable bonds is 6. The molecule has 0 aromatic rings. The Bertz CT molecular complexity index is 125. The van der Waals surface area contributed by atoms with Crippen LogP contribution < -0.4 is 0 Å². The van der Waals surface area contributed by atoms with Crippen LogP contribution in [-0.4, -0.2) is 50.8 Å². The monoisotopic (exact) mass is 187 g/mol. The molecule has 0 aromatic heterocycles. The summed E-state index contributed by atoms with van der Waals surface area (Å²) in [4.78, 5) is 2.34. The molecule has 0 rings (SSSR count). The molecule has 1 atom stereocenters. The van der Waals surface area contributed by atoms with Crippen LogP contribution in [0.1, 0.15) is 32.6 Å². The molecule has 2 nitrogen and oxygen atoms in total. The van der Waals surface area contributed by atoms with Crippen LogP contribution in [0.2, 0.25) is 0 Å². The largest absolute Gasteiger partial charge is 0.316 e. The predicted molar refractivity (Wildman–Crippen MR) is 59.6 cm³/mol. The predicted octanol–water partition coefficient (Wildman–Crippen LogP) is 2.16. The van der Waals surface area contributed by atoms with Gasteiger partial charge < -0.3 is 4.48 Å². The molecule has 0 aliphatic heterocycles. The molecular formula is C11H27N2+. The standard InChI is InChI=1S/C11H27N2/c1-7-8-9-10-11(12(2)3)13(4,5)6/h11H,7-10H2,1-6H3/q+1. The van der Waals surface area contributed by atoms with Crippen LogP contribution in [-0.2, 0) is 0 Å². The molecule has 13 heavy (non-hydrogen) atoms. The number of hydrogen-bond acceptors (Lipinski definition) is 1. The van der Waals surface area contributed by atoms with E-state index < -0.39 is 0 Å². The molecule has 0 fully saturated rings. The average Bonchev–Trinajstić information content (AvgIpc) is 1.94. The van der Waals surface area contributed by atoms with Gasteiger partial charge in [0.1, 0.15) is 6.17 Å². The van der Waals surface area contributed by atoms with Gasteiger partial charge in [-0.15, -0.1) is 0 Å². The molecule has 0 spiro atoms. The molecule has 0 bridgehead atoms. The maximum Gasteiger partial charge on any atom is 0.144 e. The zero-order chi connectivity index (χ0) is 10.5. The highest BCUT2D eigenvalue weighted by atomic mass is 15.4. The number of unbranched alkanes of at least 4 members (excludes halogenated alkanes) is 2. The van der Waals surface area contributed by atoms with Crippen molar-refractivity contribution >= 4 is 0 Å². The first-order valence-corrected chi connectivity index (χ1v) is 5.37. The van der Waals surface area contributed by atoms with Crippen molar-refractivity contribution in [1.82, 2.24) is 4.90 Å². The first-order valence-electron chi connectivity index (χ1n) is 5.37. The SMILES string of the molecule is CCCCCC(N(C)C)[N+](C)(C)C. The Morgan fingerprint density at radius 1 is 1.08 bits per heavy atom. The molecule has 0 saturated heterocycles. The first kappa shape index (κ1) is 12.9. The summed E-state index contributed by atoms with van der Waals surface area (Å²) < 4.78 is 1.04. The maximum atomic E-state index is 2.34. The zero-order valence-electron chi connectivity index (χ0n) is 10.3. The van der Waals surface area contributed by atoms with Crippen LogP contribution >= 0.6 is 0 Å². The second-order valence-corrected chi connectivity index (χ2v) is 5.06. The smallest absolute Gasteiger partial charge is 0.144 e. The summed E-state index contributed by atoms with van der Waals surface area (Å²) in [7, 11) is 11.2. The quantitative estimate of drug-likeness (QED) is 0.350. The Morgan fingerprint density at radius 3 is 1.92 bits per heavy atom. The van der Waals surface area contributed by atoms with Crippen molar-refractivity contribution in [3.8, 4) is 0 Å². The van der Waals surface area contributed by atoms with Gasteiger partial charge in [-0.3, -0.25) is 4.90 Å². The molecule has 0 saturated carbocycles. The summed E-state index contributed by atoms with van der Waals surface area (Å²) in [6.45, 7) is 2.26. The summed E-state index contributed by atoms with van der Waals surface area (Å²) in [6, 6.07) is 0. The van der Waals surface area contributed by atoms with Crippen molar-refractivity contribution in [2.75, 3.05) is 35.2 Å². The van der Waals surface area contributed by atoms with Gasteiger partial charge in [-0.2, -0.15) is 0 Å². The van der Waals surface area contributed by atoms with Crippen molar-refractivity contribution in [2.45, 2.75) is 38.8 Å². The van der Waals surface area contributed by atoms with E-state index in [0.29, 0.717) is 6.17 Å². The van der Waals surface area contributed by atoms with Crippen molar-refractivity contribution in [1.29, 1.82) is 0 Å². The Balaban J connectivity index is 3.97. The lowest BCUT2D eigenvalue weighted by Crippen LogP contribution is -2.52. The van der Waals surface area contributed by atoms with Gasteiger partial charge >= 0.3 is 0 Å². The lowest BCUT2D eigenvalue weighted by molar-refractivity contribution is -0.908. The lowest BCUT2D eigenvalue weighted by Gasteiger charge is -2.38. The fraction of sp³-hybridized carbons (Fsp3) is 1.00. The van der Waals surface area contributed by atoms with Gasteiger partial charge in [-0.05, 0) is 20.5 Å². The molecule has 2 heteroatoms. The van der Waals surface area contributed by atoms with Crippen LogP contribution in [0.15, 0.2) is 0 Å². The number of nitrogens with zero attached hydrogens (tertiary/aromatic N) is 2. The van der Waals surface area contributed by atoms with Crippen molar-refractivity contribution < 1.29 is 4.48 Å². The minimum Gasteiger partial charge on any atom is -0.316 e. The number of quaternary nitrogens is 1. The summed E-state index contributed by atoms with van der Waals surface area (Å²) in [5.74, 6) is 0. The van der Waals surface area contributed by atoms with Crippen LogP contribution in [0, 0.1) is 0 Å². The highest BCUT2D eigenvalue weighted by molar-refractivity contribution is 4.54. The second-order valence-electron chi connectivity index (χ2n) is 5.06. The Morgan fingerprint density at radius 2 is 1.62 bits per heavy atom. The topological polar surface area (TPSA) is 3.24 Å². The van der Waals surface area contributed by atoms with Gasteiger partial charge in [-0.25, -0.2) is 0 Å². The highest BCUT2D eigenvalue weighted by Gasteiger charge is 2.24. The van der Waals surface area contributed by atoms with Gasteiger partial charge in [0, 0.05) is 6.42 Å². The van der Waals surface area contributed by atoms with Gasteiger partial charge in [0.2, 0.25) is 0 Å². The van der Waals surface area contributed by atoms with E-state index in [-0.39, 0.29) is 0 Å². The summed E-state index contributed by atoms with van der Waals surface area (Å²) in [6.07, 6.45) is 6.01. The third kappa shape index (κ3) is 5.27. The first-order chi connectivity index (χ1) is 5.89. The molecule has 0 amide bonds. The third-order valence-corrected chi connectivity index (χ3v) is 2.56. The van der Waals surface area contributed by atoms with Crippen LogP contribution in [0.3, 0.4) is 0 Å². The van der Waals surface area contributed by atoms with E-state index in [0.717, 1.165) is 4.48 Å². The number of hydrogen-bond donors (Lipinski definition) is 0. The van der Waals surface area contributed by atoms with E-state index in [4.69, 9.17) is 0 Å². The van der Waals surface area contributed by atoms with Crippen molar-refractivity contribution in [3.05, 3.63) is 0 Å². The van der Waals surface area contributed by atoms with E-state index in [1.165, 1.54) is 25.7 Å². The molecule has 0 aromatic carbocycles. The lowest BCUT2D eigenvalue weighted by atomic mass is 10.1. The molecular weight excluding hydrogens is 160 g/mol. The van der Waals surface area contributed by atoms with E-state index in [1.54, 1.807) is 0 Å². The molecule has 0 radical (unpaired) electrons. The van der Waals surface area contributed by atoms with Crippen molar-refractivity contribution in [3.63, 3.8) is 0 Å². The molecule has 0 heterocycles. The average molecular weight is 187 g/mol. The highest BCUT2D eigenvalue weighted by Crippen LogP contribution is 2.14. The van der Waals surface area contributed by atoms with Crippen molar-refractivity contribution in [2.24, 2.45) is 0 Å². The van der Waals surface area contributed by atoms with Gasteiger partial charge in [0.05, 0.1) is 21.1 Å². The Labute approximate surface area is 84.1 Å². The van der Waals surface area contributed by atoms with E-state index in [9.17, 15) is 0 Å². The molecule has 0 aliphatic rings. The second kappa shape index (κ2) is 5.61. The third-order valence-electron chi connectivity index (χ3n) is 2.56. The molecule has 0 aliphatic carbocycles. The molecule has 80 valence electrons. The summed E-state index contributed by atoms with van der Waals surface area (Å²) >= 11 is 0.